The van der Waals surface area contributed by atoms with Gasteiger partial charge in [0.1, 0.15) is 17.7 Å². The van der Waals surface area contributed by atoms with Gasteiger partial charge in [-0.2, -0.15) is 0 Å². The zero-order valence-electron chi connectivity index (χ0n) is 11.6. The molecule has 0 aliphatic heterocycles. The third-order valence-electron chi connectivity index (χ3n) is 3.26. The van der Waals surface area contributed by atoms with Crippen LogP contribution >= 0.6 is 11.6 Å². The molecule has 0 aromatic heterocycles. The molecule has 1 atom stereocenters. The first-order chi connectivity index (χ1) is 9.43. The Morgan fingerprint density at radius 3 is 2.25 bits per heavy atom. The molecule has 0 aliphatic rings. The van der Waals surface area contributed by atoms with E-state index in [-0.39, 0.29) is 5.56 Å². The molecule has 20 heavy (non-hydrogen) atoms. The van der Waals surface area contributed by atoms with Crippen LogP contribution in [0, 0.1) is 19.7 Å². The minimum Gasteiger partial charge on any atom is -0.496 e. The van der Waals surface area contributed by atoms with Crippen molar-refractivity contribution in [2.75, 3.05) is 7.11 Å². The first kappa shape index (κ1) is 14.8. The average molecular weight is 295 g/mol. The van der Waals surface area contributed by atoms with Gasteiger partial charge in [-0.25, -0.2) is 4.39 Å². The summed E-state index contributed by atoms with van der Waals surface area (Å²) in [5.74, 6) is 0.258. The van der Waals surface area contributed by atoms with Crippen molar-refractivity contribution in [2.24, 2.45) is 0 Å². The standard InChI is InChI=1S/C16H16ClFO2/c1-9-6-11(7-10(2)16(9)20-3)15(19)13-5-4-12(17)8-14(13)18/h4-8,15,19H,1-3H3. The first-order valence-electron chi connectivity index (χ1n) is 6.22. The van der Waals surface area contributed by atoms with E-state index in [1.54, 1.807) is 25.3 Å². The molecule has 1 unspecified atom stereocenters. The molecule has 0 radical (unpaired) electrons. The maximum atomic E-state index is 13.9. The third kappa shape index (κ3) is 2.79. The van der Waals surface area contributed by atoms with Crippen LogP contribution < -0.4 is 4.74 Å². The number of aliphatic hydroxyl groups is 1. The van der Waals surface area contributed by atoms with E-state index in [4.69, 9.17) is 16.3 Å². The van der Waals surface area contributed by atoms with E-state index in [1.807, 2.05) is 13.8 Å². The lowest BCUT2D eigenvalue weighted by Crippen LogP contribution is -2.04. The number of hydrogen-bond acceptors (Lipinski definition) is 2. The van der Waals surface area contributed by atoms with E-state index >= 15 is 0 Å². The molecule has 4 heteroatoms. The fourth-order valence-corrected chi connectivity index (χ4v) is 2.53. The normalized spacial score (nSPS) is 12.3. The SMILES string of the molecule is COc1c(C)cc(C(O)c2ccc(Cl)cc2F)cc1C. The van der Waals surface area contributed by atoms with Gasteiger partial charge < -0.3 is 9.84 Å². The molecule has 0 bridgehead atoms. The van der Waals surface area contributed by atoms with Crippen molar-refractivity contribution in [3.63, 3.8) is 0 Å². The number of aliphatic hydroxyl groups excluding tert-OH is 1. The second kappa shape index (κ2) is 5.81. The quantitative estimate of drug-likeness (QED) is 0.920. The van der Waals surface area contributed by atoms with Gasteiger partial charge in [0.2, 0.25) is 0 Å². The molecular formula is C16H16ClFO2. The van der Waals surface area contributed by atoms with E-state index in [0.29, 0.717) is 10.6 Å². The highest BCUT2D eigenvalue weighted by molar-refractivity contribution is 6.30. The summed E-state index contributed by atoms with van der Waals surface area (Å²) in [5, 5.41) is 10.7. The number of halogens is 2. The summed E-state index contributed by atoms with van der Waals surface area (Å²) >= 11 is 5.72. The van der Waals surface area contributed by atoms with Crippen LogP contribution in [0.5, 0.6) is 5.75 Å². The minimum absolute atomic E-state index is 0.207. The summed E-state index contributed by atoms with van der Waals surface area (Å²) in [6.45, 7) is 3.78. The van der Waals surface area contributed by atoms with Crippen LogP contribution in [0.15, 0.2) is 30.3 Å². The van der Waals surface area contributed by atoms with Gasteiger partial charge in [0.15, 0.2) is 0 Å². The number of hydrogen-bond donors (Lipinski definition) is 1. The zero-order chi connectivity index (χ0) is 14.9. The highest BCUT2D eigenvalue weighted by Crippen LogP contribution is 2.31. The molecule has 106 valence electrons. The lowest BCUT2D eigenvalue weighted by molar-refractivity contribution is 0.214. The summed E-state index contributed by atoms with van der Waals surface area (Å²) in [6.07, 6.45) is -1.03. The van der Waals surface area contributed by atoms with Crippen molar-refractivity contribution in [1.29, 1.82) is 0 Å². The van der Waals surface area contributed by atoms with Crippen LogP contribution in [0.4, 0.5) is 4.39 Å². The van der Waals surface area contributed by atoms with Gasteiger partial charge in [-0.1, -0.05) is 17.7 Å². The Kier molecular flexibility index (Phi) is 4.31. The summed E-state index contributed by atoms with van der Waals surface area (Å²) in [7, 11) is 1.60. The van der Waals surface area contributed by atoms with Crippen LogP contribution in [0.3, 0.4) is 0 Å². The van der Waals surface area contributed by atoms with Crippen LogP contribution in [0.2, 0.25) is 5.02 Å². The smallest absolute Gasteiger partial charge is 0.130 e. The molecule has 2 aromatic rings. The maximum absolute atomic E-state index is 13.9. The van der Waals surface area contributed by atoms with Crippen molar-refractivity contribution in [3.05, 3.63) is 63.4 Å². The summed E-state index contributed by atoms with van der Waals surface area (Å²) in [4.78, 5) is 0. The summed E-state index contributed by atoms with van der Waals surface area (Å²) < 4.78 is 19.1. The Labute approximate surface area is 122 Å². The van der Waals surface area contributed by atoms with Gasteiger partial charge in [0.05, 0.1) is 7.11 Å². The highest BCUT2D eigenvalue weighted by Gasteiger charge is 2.17. The molecule has 0 amide bonds. The van der Waals surface area contributed by atoms with Gasteiger partial charge in [-0.05, 0) is 54.8 Å². The predicted octanol–water partition coefficient (Wildman–Crippen LogP) is 4.19. The Hall–Kier alpha value is -1.58. The fraction of sp³-hybridized carbons (Fsp3) is 0.250. The number of rotatable bonds is 3. The lowest BCUT2D eigenvalue weighted by atomic mass is 9.97. The van der Waals surface area contributed by atoms with E-state index < -0.39 is 11.9 Å². The monoisotopic (exact) mass is 294 g/mol. The zero-order valence-corrected chi connectivity index (χ0v) is 12.3. The molecule has 2 nitrogen and oxygen atoms in total. The molecule has 0 heterocycles. The van der Waals surface area contributed by atoms with Gasteiger partial charge in [-0.3, -0.25) is 0 Å². The van der Waals surface area contributed by atoms with Gasteiger partial charge in [0.25, 0.3) is 0 Å². The van der Waals surface area contributed by atoms with E-state index in [2.05, 4.69) is 0 Å². The Balaban J connectivity index is 2.45. The van der Waals surface area contributed by atoms with Crippen molar-refractivity contribution in [3.8, 4) is 5.75 Å². The number of ether oxygens (including phenoxy) is 1. The molecule has 0 fully saturated rings. The first-order valence-corrected chi connectivity index (χ1v) is 6.60. The van der Waals surface area contributed by atoms with Crippen molar-refractivity contribution >= 4 is 11.6 Å². The average Bonchev–Trinajstić information content (AvgIpc) is 2.37. The second-order valence-corrected chi connectivity index (χ2v) is 5.19. The highest BCUT2D eigenvalue weighted by atomic mass is 35.5. The van der Waals surface area contributed by atoms with Crippen LogP contribution in [-0.2, 0) is 0 Å². The van der Waals surface area contributed by atoms with E-state index in [0.717, 1.165) is 16.9 Å². The number of benzene rings is 2. The molecule has 0 spiro atoms. The van der Waals surface area contributed by atoms with E-state index in [9.17, 15) is 9.50 Å². The third-order valence-corrected chi connectivity index (χ3v) is 3.49. The lowest BCUT2D eigenvalue weighted by Gasteiger charge is -2.16. The molecule has 2 rings (SSSR count). The van der Waals surface area contributed by atoms with Crippen LogP contribution in [0.1, 0.15) is 28.4 Å². The molecule has 0 aliphatic carbocycles. The van der Waals surface area contributed by atoms with Crippen LogP contribution in [-0.4, -0.2) is 12.2 Å². The molecule has 2 aromatic carbocycles. The Bertz CT molecular complexity index is 617. The minimum atomic E-state index is -1.03. The topological polar surface area (TPSA) is 29.5 Å². The van der Waals surface area contributed by atoms with Gasteiger partial charge in [0, 0.05) is 10.6 Å². The Morgan fingerprint density at radius 2 is 1.75 bits per heavy atom. The molecular weight excluding hydrogens is 279 g/mol. The maximum Gasteiger partial charge on any atom is 0.130 e. The second-order valence-electron chi connectivity index (χ2n) is 4.76. The summed E-state index contributed by atoms with van der Waals surface area (Å²) in [5.41, 5.74) is 2.63. The summed E-state index contributed by atoms with van der Waals surface area (Å²) in [6, 6.07) is 7.85. The largest absolute Gasteiger partial charge is 0.496 e. The Morgan fingerprint density at radius 1 is 1.15 bits per heavy atom. The number of aryl methyl sites for hydroxylation is 2. The molecule has 0 saturated heterocycles. The number of methoxy groups -OCH3 is 1. The van der Waals surface area contributed by atoms with Crippen molar-refractivity contribution in [2.45, 2.75) is 20.0 Å². The van der Waals surface area contributed by atoms with Gasteiger partial charge in [-0.15, -0.1) is 0 Å². The van der Waals surface area contributed by atoms with E-state index in [1.165, 1.54) is 12.1 Å². The van der Waals surface area contributed by atoms with Gasteiger partial charge >= 0.3 is 0 Å². The van der Waals surface area contributed by atoms with Crippen molar-refractivity contribution < 1.29 is 14.2 Å². The van der Waals surface area contributed by atoms with Crippen LogP contribution in [0.25, 0.3) is 0 Å². The van der Waals surface area contributed by atoms with Crippen molar-refractivity contribution in [1.82, 2.24) is 0 Å². The molecule has 0 saturated carbocycles. The fourth-order valence-electron chi connectivity index (χ4n) is 2.37. The molecule has 1 N–H and O–H groups in total. The predicted molar refractivity (Wildman–Crippen MR) is 77.9 cm³/mol.